The van der Waals surface area contributed by atoms with Crippen LogP contribution in [-0.4, -0.2) is 4.57 Å². The molecule has 0 aliphatic carbocycles. The average Bonchev–Trinajstić information content (AvgIpc) is 3.67. The summed E-state index contributed by atoms with van der Waals surface area (Å²) in [5.74, 6) is 0. The van der Waals surface area contributed by atoms with Crippen LogP contribution in [0.5, 0.6) is 0 Å². The predicted molar refractivity (Wildman–Crippen MR) is 243 cm³/mol. The number of benzene rings is 10. The van der Waals surface area contributed by atoms with Crippen LogP contribution in [0.1, 0.15) is 0 Å². The predicted octanol–water partition coefficient (Wildman–Crippen LogP) is 15.4. The number of aromatic nitrogens is 1. The van der Waals surface area contributed by atoms with Crippen LogP contribution in [0.3, 0.4) is 0 Å². The minimum Gasteiger partial charge on any atom is -0.316 e. The fourth-order valence-corrected chi connectivity index (χ4v) is 8.47. The molecule has 266 valence electrons. The largest absolute Gasteiger partial charge is 0.316 e. The van der Waals surface area contributed by atoms with Gasteiger partial charge in [-0.05, 0) is 125 Å². The quantitative estimate of drug-likeness (QED) is 0.161. The summed E-state index contributed by atoms with van der Waals surface area (Å²) >= 11 is 0. The standard InChI is InChI=1S/C56H37N/c1-4-10-46-33-49(24-19-38(46)7-1)41-13-15-43(16-14-41)52-29-32-56-54(36-52)55(45-22-17-42(18-23-45)50-25-20-39-8-2-5-11-47(39)34-50)37-57(56)53-30-27-44(28-31-53)51-26-21-40-9-3-6-12-48(40)35-51/h1-37H. The van der Waals surface area contributed by atoms with Gasteiger partial charge in [-0.25, -0.2) is 0 Å². The van der Waals surface area contributed by atoms with Crippen LogP contribution in [0.4, 0.5) is 0 Å². The number of rotatable bonds is 6. The Balaban J connectivity index is 0.981. The highest BCUT2D eigenvalue weighted by atomic mass is 15.0. The Labute approximate surface area is 332 Å². The van der Waals surface area contributed by atoms with E-state index in [0.717, 1.165) is 5.69 Å². The molecule has 0 fully saturated rings. The molecule has 1 heterocycles. The smallest absolute Gasteiger partial charge is 0.0535 e. The molecule has 11 rings (SSSR count). The van der Waals surface area contributed by atoms with E-state index in [1.54, 1.807) is 0 Å². The van der Waals surface area contributed by atoms with Crippen molar-refractivity contribution in [2.45, 2.75) is 0 Å². The van der Waals surface area contributed by atoms with E-state index in [2.05, 4.69) is 229 Å². The van der Waals surface area contributed by atoms with Crippen molar-refractivity contribution in [2.75, 3.05) is 0 Å². The van der Waals surface area contributed by atoms with Crippen LogP contribution >= 0.6 is 0 Å². The molecule has 1 heteroatoms. The molecule has 57 heavy (non-hydrogen) atoms. The average molecular weight is 724 g/mol. The maximum Gasteiger partial charge on any atom is 0.0535 e. The number of hydrogen-bond donors (Lipinski definition) is 0. The molecule has 1 aromatic heterocycles. The van der Waals surface area contributed by atoms with Crippen molar-refractivity contribution < 1.29 is 0 Å². The van der Waals surface area contributed by atoms with Crippen LogP contribution in [0.15, 0.2) is 225 Å². The zero-order chi connectivity index (χ0) is 37.7. The fraction of sp³-hybridized carbons (Fsp3) is 0. The summed E-state index contributed by atoms with van der Waals surface area (Å²) in [6.45, 7) is 0. The van der Waals surface area contributed by atoms with Gasteiger partial charge in [-0.15, -0.1) is 0 Å². The molecule has 11 aromatic rings. The van der Waals surface area contributed by atoms with Crippen LogP contribution < -0.4 is 0 Å². The normalized spacial score (nSPS) is 11.5. The van der Waals surface area contributed by atoms with Crippen molar-refractivity contribution in [2.24, 2.45) is 0 Å². The van der Waals surface area contributed by atoms with Gasteiger partial charge in [0.1, 0.15) is 0 Å². The van der Waals surface area contributed by atoms with Crippen molar-refractivity contribution in [1.82, 2.24) is 4.57 Å². The first-order valence-corrected chi connectivity index (χ1v) is 19.6. The third kappa shape index (κ3) is 6.07. The Morgan fingerprint density at radius 3 is 1.02 bits per heavy atom. The molecule has 0 unspecified atom stereocenters. The Morgan fingerprint density at radius 1 is 0.246 bits per heavy atom. The lowest BCUT2D eigenvalue weighted by atomic mass is 9.96. The zero-order valence-electron chi connectivity index (χ0n) is 31.3. The number of nitrogens with zero attached hydrogens (tertiary/aromatic N) is 1. The topological polar surface area (TPSA) is 4.93 Å². The van der Waals surface area contributed by atoms with E-state index in [1.165, 1.54) is 98.9 Å². The lowest BCUT2D eigenvalue weighted by molar-refractivity contribution is 1.13. The highest BCUT2D eigenvalue weighted by molar-refractivity contribution is 6.00. The molecule has 0 N–H and O–H groups in total. The Hall–Kier alpha value is -7.48. The monoisotopic (exact) mass is 723 g/mol. The van der Waals surface area contributed by atoms with Crippen LogP contribution in [0.2, 0.25) is 0 Å². The summed E-state index contributed by atoms with van der Waals surface area (Å²) in [6.07, 6.45) is 2.31. The Kier molecular flexibility index (Phi) is 7.89. The van der Waals surface area contributed by atoms with E-state index in [4.69, 9.17) is 0 Å². The van der Waals surface area contributed by atoms with E-state index in [1.807, 2.05) is 0 Å². The number of fused-ring (bicyclic) bond motifs is 4. The molecule has 0 spiro atoms. The maximum absolute atomic E-state index is 2.37. The van der Waals surface area contributed by atoms with E-state index in [0.29, 0.717) is 0 Å². The van der Waals surface area contributed by atoms with Gasteiger partial charge in [0.25, 0.3) is 0 Å². The first kappa shape index (κ1) is 32.9. The summed E-state index contributed by atoms with van der Waals surface area (Å²) < 4.78 is 2.35. The lowest BCUT2D eigenvalue weighted by Gasteiger charge is -2.10. The summed E-state index contributed by atoms with van der Waals surface area (Å²) in [4.78, 5) is 0. The summed E-state index contributed by atoms with van der Waals surface area (Å²) in [6, 6.07) is 79.8. The highest BCUT2D eigenvalue weighted by Gasteiger charge is 2.15. The number of hydrogen-bond acceptors (Lipinski definition) is 0. The van der Waals surface area contributed by atoms with Gasteiger partial charge in [0.15, 0.2) is 0 Å². The van der Waals surface area contributed by atoms with Gasteiger partial charge in [0, 0.05) is 22.8 Å². The molecule has 1 nitrogen and oxygen atoms in total. The first-order chi connectivity index (χ1) is 28.2. The third-order valence-corrected chi connectivity index (χ3v) is 11.6. The van der Waals surface area contributed by atoms with E-state index >= 15 is 0 Å². The second-order valence-corrected chi connectivity index (χ2v) is 15.0. The van der Waals surface area contributed by atoms with E-state index < -0.39 is 0 Å². The fourth-order valence-electron chi connectivity index (χ4n) is 8.47. The van der Waals surface area contributed by atoms with Gasteiger partial charge < -0.3 is 4.57 Å². The Bertz CT molecular complexity index is 3260. The van der Waals surface area contributed by atoms with Crippen molar-refractivity contribution in [3.05, 3.63) is 225 Å². The Morgan fingerprint density at radius 2 is 0.579 bits per heavy atom. The summed E-state index contributed by atoms with van der Waals surface area (Å²) in [5.41, 5.74) is 14.4. The lowest BCUT2D eigenvalue weighted by Crippen LogP contribution is -1.92. The highest BCUT2D eigenvalue weighted by Crippen LogP contribution is 2.38. The molecule has 0 atom stereocenters. The SMILES string of the molecule is c1ccc2cc(-c3ccc(-c4ccc5c(c4)c(-c4ccc(-c6ccc7ccccc7c6)cc4)cn5-c4ccc(-c5ccc6ccccc6c5)cc4)cc3)ccc2c1. The second-order valence-electron chi connectivity index (χ2n) is 15.0. The van der Waals surface area contributed by atoms with E-state index in [-0.39, 0.29) is 0 Å². The zero-order valence-corrected chi connectivity index (χ0v) is 31.3. The summed E-state index contributed by atoms with van der Waals surface area (Å²) in [7, 11) is 0. The minimum absolute atomic E-state index is 1.14. The maximum atomic E-state index is 2.37. The van der Waals surface area contributed by atoms with Gasteiger partial charge >= 0.3 is 0 Å². The molecule has 0 saturated carbocycles. The molecule has 10 aromatic carbocycles. The van der Waals surface area contributed by atoms with Crippen LogP contribution in [0, 0.1) is 0 Å². The van der Waals surface area contributed by atoms with Gasteiger partial charge in [0.05, 0.1) is 5.52 Å². The van der Waals surface area contributed by atoms with E-state index in [9.17, 15) is 0 Å². The molecule has 0 saturated heterocycles. The van der Waals surface area contributed by atoms with Gasteiger partial charge in [-0.2, -0.15) is 0 Å². The first-order valence-electron chi connectivity index (χ1n) is 19.6. The van der Waals surface area contributed by atoms with Gasteiger partial charge in [-0.1, -0.05) is 176 Å². The van der Waals surface area contributed by atoms with Crippen LogP contribution in [-0.2, 0) is 0 Å². The molecular formula is C56H37N. The van der Waals surface area contributed by atoms with Gasteiger partial charge in [-0.3, -0.25) is 0 Å². The van der Waals surface area contributed by atoms with Crippen molar-refractivity contribution in [3.8, 4) is 61.3 Å². The third-order valence-electron chi connectivity index (χ3n) is 11.6. The van der Waals surface area contributed by atoms with Crippen LogP contribution in [0.25, 0.3) is 105 Å². The molecule has 0 amide bonds. The minimum atomic E-state index is 1.14. The molecule has 0 aliphatic heterocycles. The molecule has 0 aliphatic rings. The summed E-state index contributed by atoms with van der Waals surface area (Å²) in [5, 5.41) is 8.78. The van der Waals surface area contributed by atoms with Crippen molar-refractivity contribution in [3.63, 3.8) is 0 Å². The van der Waals surface area contributed by atoms with Gasteiger partial charge in [0.2, 0.25) is 0 Å². The van der Waals surface area contributed by atoms with Crippen molar-refractivity contribution in [1.29, 1.82) is 0 Å². The van der Waals surface area contributed by atoms with Crippen molar-refractivity contribution >= 4 is 43.2 Å². The molecular weight excluding hydrogens is 687 g/mol. The molecule has 0 radical (unpaired) electrons. The second kappa shape index (κ2) is 13.7. The molecule has 0 bridgehead atoms.